The molecule has 0 radical (unpaired) electrons. The summed E-state index contributed by atoms with van der Waals surface area (Å²) >= 11 is 6.03. The Kier molecular flexibility index (Phi) is 4.15. The van der Waals surface area contributed by atoms with E-state index < -0.39 is 0 Å². The quantitative estimate of drug-likeness (QED) is 0.420. The highest BCUT2D eigenvalue weighted by Gasteiger charge is 2.18. The zero-order chi connectivity index (χ0) is 11.4. The minimum absolute atomic E-state index is 0.350. The van der Waals surface area contributed by atoms with Gasteiger partial charge in [0.25, 0.3) is 0 Å². The number of aldehydes is 1. The number of carbonyl (C=O) groups is 1. The Balaban J connectivity index is 2.88. The molecule has 0 spiro atoms. The number of halogens is 1. The molecule has 0 N–H and O–H groups in total. The first-order valence-corrected chi connectivity index (χ1v) is 5.26. The maximum atomic E-state index is 10.4. The van der Waals surface area contributed by atoms with Crippen molar-refractivity contribution in [3.05, 3.63) is 34.6 Å². The molecule has 0 fully saturated rings. The number of ether oxygens (including phenoxy) is 1. The van der Waals surface area contributed by atoms with Gasteiger partial charge in [0.2, 0.25) is 0 Å². The maximum absolute atomic E-state index is 10.4. The van der Waals surface area contributed by atoms with Crippen LogP contribution in [0.5, 0.6) is 0 Å². The van der Waals surface area contributed by atoms with Crippen molar-refractivity contribution in [2.24, 2.45) is 5.92 Å². The van der Waals surface area contributed by atoms with E-state index in [-0.39, 0.29) is 0 Å². The molecule has 0 bridgehead atoms. The number of rotatable bonds is 3. The van der Waals surface area contributed by atoms with Crippen molar-refractivity contribution in [2.75, 3.05) is 6.61 Å². The lowest BCUT2D eigenvalue weighted by molar-refractivity contribution is -0.104. The normalized spacial score (nSPS) is 22.3. The lowest BCUT2D eigenvalue weighted by atomic mass is 9.99. The predicted octanol–water partition coefficient (Wildman–Crippen LogP) is 3.19. The number of allylic oxidation sites excluding steroid dienone is 4. The van der Waals surface area contributed by atoms with Gasteiger partial charge in [-0.3, -0.25) is 4.79 Å². The van der Waals surface area contributed by atoms with Crippen LogP contribution in [0.2, 0.25) is 0 Å². The second-order valence-corrected chi connectivity index (χ2v) is 4.32. The van der Waals surface area contributed by atoms with Crippen LogP contribution in [0, 0.1) is 5.92 Å². The molecule has 0 saturated heterocycles. The van der Waals surface area contributed by atoms with E-state index in [4.69, 9.17) is 16.3 Å². The molecule has 0 aromatic heterocycles. The maximum Gasteiger partial charge on any atom is 0.149 e. The minimum atomic E-state index is 0.350. The van der Waals surface area contributed by atoms with E-state index in [1.54, 1.807) is 0 Å². The van der Waals surface area contributed by atoms with E-state index >= 15 is 0 Å². The summed E-state index contributed by atoms with van der Waals surface area (Å²) in [7, 11) is 0. The third kappa shape index (κ3) is 3.24. The smallest absolute Gasteiger partial charge is 0.149 e. The molecule has 0 aromatic carbocycles. The lowest BCUT2D eigenvalue weighted by Gasteiger charge is -2.23. The summed E-state index contributed by atoms with van der Waals surface area (Å²) in [5.41, 5.74) is 1.47. The van der Waals surface area contributed by atoms with Gasteiger partial charge in [0, 0.05) is 5.57 Å². The lowest BCUT2D eigenvalue weighted by Crippen LogP contribution is -2.14. The van der Waals surface area contributed by atoms with Crippen LogP contribution < -0.4 is 0 Å². The van der Waals surface area contributed by atoms with Crippen LogP contribution in [0.3, 0.4) is 0 Å². The zero-order valence-electron chi connectivity index (χ0n) is 9.05. The fourth-order valence-electron chi connectivity index (χ4n) is 1.56. The highest BCUT2D eigenvalue weighted by Crippen LogP contribution is 2.29. The van der Waals surface area contributed by atoms with E-state index in [0.717, 1.165) is 12.0 Å². The Bertz CT molecular complexity index is 340. The fraction of sp³-hybridized carbons (Fsp3) is 0.417. The van der Waals surface area contributed by atoms with Crippen LogP contribution in [0.1, 0.15) is 20.3 Å². The van der Waals surface area contributed by atoms with Gasteiger partial charge in [-0.1, -0.05) is 25.1 Å². The van der Waals surface area contributed by atoms with Crippen molar-refractivity contribution in [3.63, 3.8) is 0 Å². The third-order valence-corrected chi connectivity index (χ3v) is 2.52. The molecule has 3 heteroatoms. The first kappa shape index (κ1) is 12.1. The van der Waals surface area contributed by atoms with E-state index in [1.807, 2.05) is 6.92 Å². The molecule has 1 rings (SSSR count). The molecule has 0 aromatic rings. The van der Waals surface area contributed by atoms with E-state index in [9.17, 15) is 4.79 Å². The van der Waals surface area contributed by atoms with Crippen LogP contribution in [0.15, 0.2) is 34.6 Å². The molecule has 1 aliphatic rings. The van der Waals surface area contributed by atoms with Gasteiger partial charge in [-0.05, 0) is 30.9 Å². The average molecular weight is 227 g/mol. The Morgan fingerprint density at radius 2 is 2.33 bits per heavy atom. The molecular formula is C12H15ClO2. The molecule has 0 aliphatic carbocycles. The topological polar surface area (TPSA) is 26.3 Å². The molecular weight excluding hydrogens is 212 g/mol. The van der Waals surface area contributed by atoms with Crippen molar-refractivity contribution in [1.29, 1.82) is 0 Å². The standard InChI is InChI=1S/C12H15ClO2/c1-8(6-14)5-11(13)12-10(3)4-9(2)7-15-12/h5-6,9H,1,4,7H2,2-3H3/b11-5+. The number of carbonyl (C=O) groups excluding carboxylic acids is 1. The molecule has 82 valence electrons. The first-order chi connectivity index (χ1) is 7.04. The van der Waals surface area contributed by atoms with Crippen molar-refractivity contribution < 1.29 is 9.53 Å². The Morgan fingerprint density at radius 3 is 2.87 bits per heavy atom. The van der Waals surface area contributed by atoms with Gasteiger partial charge in [-0.25, -0.2) is 0 Å². The summed E-state index contributed by atoms with van der Waals surface area (Å²) in [5, 5.41) is 0.455. The van der Waals surface area contributed by atoms with E-state index in [0.29, 0.717) is 35.2 Å². The van der Waals surface area contributed by atoms with Gasteiger partial charge in [0.1, 0.15) is 12.0 Å². The zero-order valence-corrected chi connectivity index (χ0v) is 9.80. The summed E-state index contributed by atoms with van der Waals surface area (Å²) < 4.78 is 5.53. The third-order valence-electron chi connectivity index (χ3n) is 2.23. The number of hydrogen-bond donors (Lipinski definition) is 0. The largest absolute Gasteiger partial charge is 0.492 e. The van der Waals surface area contributed by atoms with Gasteiger partial charge in [0.05, 0.1) is 11.6 Å². The van der Waals surface area contributed by atoms with E-state index in [2.05, 4.69) is 13.5 Å². The summed E-state index contributed by atoms with van der Waals surface area (Å²) in [6.45, 7) is 8.33. The van der Waals surface area contributed by atoms with Gasteiger partial charge in [0.15, 0.2) is 0 Å². The Labute approximate surface area is 95.3 Å². The van der Waals surface area contributed by atoms with Crippen LogP contribution in [0.4, 0.5) is 0 Å². The van der Waals surface area contributed by atoms with Crippen LogP contribution in [0.25, 0.3) is 0 Å². The summed E-state index contributed by atoms with van der Waals surface area (Å²) in [5.74, 6) is 1.21. The van der Waals surface area contributed by atoms with Gasteiger partial charge < -0.3 is 4.74 Å². The van der Waals surface area contributed by atoms with E-state index in [1.165, 1.54) is 6.08 Å². The molecule has 0 saturated carbocycles. The van der Waals surface area contributed by atoms with Gasteiger partial charge in [-0.2, -0.15) is 0 Å². The molecule has 15 heavy (non-hydrogen) atoms. The first-order valence-electron chi connectivity index (χ1n) is 4.88. The Hall–Kier alpha value is -1.02. The molecule has 1 atom stereocenters. The second-order valence-electron chi connectivity index (χ2n) is 3.91. The second kappa shape index (κ2) is 5.17. The predicted molar refractivity (Wildman–Crippen MR) is 61.6 cm³/mol. The van der Waals surface area contributed by atoms with Crippen molar-refractivity contribution in [2.45, 2.75) is 20.3 Å². The molecule has 1 unspecified atom stereocenters. The molecule has 1 aliphatic heterocycles. The SMILES string of the molecule is C=C(C=O)/C=C(/Cl)C1=C(C)CC(C)CO1. The summed E-state index contributed by atoms with van der Waals surface area (Å²) in [4.78, 5) is 10.4. The minimum Gasteiger partial charge on any atom is -0.492 e. The fourth-order valence-corrected chi connectivity index (χ4v) is 1.91. The van der Waals surface area contributed by atoms with Crippen molar-refractivity contribution in [1.82, 2.24) is 0 Å². The molecule has 1 heterocycles. The van der Waals surface area contributed by atoms with Gasteiger partial charge >= 0.3 is 0 Å². The van der Waals surface area contributed by atoms with Crippen LogP contribution in [-0.2, 0) is 9.53 Å². The highest BCUT2D eigenvalue weighted by molar-refractivity contribution is 6.32. The van der Waals surface area contributed by atoms with Gasteiger partial charge in [-0.15, -0.1) is 0 Å². The monoisotopic (exact) mass is 226 g/mol. The van der Waals surface area contributed by atoms with Crippen molar-refractivity contribution in [3.8, 4) is 0 Å². The summed E-state index contributed by atoms with van der Waals surface area (Å²) in [6.07, 6.45) is 3.18. The average Bonchev–Trinajstić information content (AvgIpc) is 2.17. The Morgan fingerprint density at radius 1 is 1.67 bits per heavy atom. The van der Waals surface area contributed by atoms with Crippen molar-refractivity contribution >= 4 is 17.9 Å². The van der Waals surface area contributed by atoms with Crippen LogP contribution in [-0.4, -0.2) is 12.9 Å². The molecule has 2 nitrogen and oxygen atoms in total. The summed E-state index contributed by atoms with van der Waals surface area (Å²) in [6, 6.07) is 0. The number of hydrogen-bond acceptors (Lipinski definition) is 2. The van der Waals surface area contributed by atoms with Crippen LogP contribution >= 0.6 is 11.6 Å². The highest BCUT2D eigenvalue weighted by atomic mass is 35.5. The molecule has 0 amide bonds.